The highest BCUT2D eigenvalue weighted by atomic mass is 32.2. The molecule has 2 aromatic carbocycles. The van der Waals surface area contributed by atoms with Gasteiger partial charge in [-0.05, 0) is 48.7 Å². The Hall–Kier alpha value is -3.27. The quantitative estimate of drug-likeness (QED) is 0.576. The molecule has 2 N–H and O–H groups in total. The molecule has 3 rings (SSSR count). The van der Waals surface area contributed by atoms with Gasteiger partial charge in [0.25, 0.3) is 0 Å². The van der Waals surface area contributed by atoms with E-state index in [1.807, 2.05) is 18.2 Å². The largest absolute Gasteiger partial charge is 0.493 e. The molecular formula is C23H29N3O6S. The minimum absolute atomic E-state index is 0.0704. The fraction of sp³-hybridized carbons (Fsp3) is 0.391. The number of ether oxygens (including phenoxy) is 2. The Morgan fingerprint density at radius 3 is 2.52 bits per heavy atom. The lowest BCUT2D eigenvalue weighted by Crippen LogP contribution is -2.30. The molecule has 0 saturated carbocycles. The Labute approximate surface area is 194 Å². The van der Waals surface area contributed by atoms with E-state index >= 15 is 0 Å². The fourth-order valence-electron chi connectivity index (χ4n) is 3.72. The van der Waals surface area contributed by atoms with E-state index in [1.54, 1.807) is 44.2 Å². The van der Waals surface area contributed by atoms with Gasteiger partial charge in [0, 0.05) is 25.2 Å². The van der Waals surface area contributed by atoms with Gasteiger partial charge >= 0.3 is 0 Å². The summed E-state index contributed by atoms with van der Waals surface area (Å²) in [5.74, 6) is 0.449. The standard InChI is InChI=1S/C23H29N3O6S/c1-15-5-7-18(13-19(15)25-33(4,29)30)24-23(28)17-12-22(27)26(14-17)10-9-16-6-8-20(31-2)21(11-16)32-3/h5-8,11,13,17,25H,9-10,12,14H2,1-4H3,(H,24,28). The number of nitrogens with zero attached hydrogens (tertiary/aromatic N) is 1. The smallest absolute Gasteiger partial charge is 0.229 e. The first-order valence-corrected chi connectivity index (χ1v) is 12.4. The van der Waals surface area contributed by atoms with Crippen molar-refractivity contribution in [2.24, 2.45) is 5.92 Å². The molecule has 1 saturated heterocycles. The molecule has 0 aromatic heterocycles. The number of aryl methyl sites for hydroxylation is 1. The van der Waals surface area contributed by atoms with Gasteiger partial charge in [-0.15, -0.1) is 0 Å². The summed E-state index contributed by atoms with van der Waals surface area (Å²) in [6.07, 6.45) is 1.83. The van der Waals surface area contributed by atoms with Crippen LogP contribution in [0.3, 0.4) is 0 Å². The highest BCUT2D eigenvalue weighted by molar-refractivity contribution is 7.92. The third-order valence-electron chi connectivity index (χ3n) is 5.50. The Bertz CT molecular complexity index is 1150. The second-order valence-electron chi connectivity index (χ2n) is 8.07. The van der Waals surface area contributed by atoms with Crippen LogP contribution in [-0.4, -0.2) is 58.7 Å². The lowest BCUT2D eigenvalue weighted by molar-refractivity contribution is -0.128. The average Bonchev–Trinajstić information content (AvgIpc) is 3.14. The van der Waals surface area contributed by atoms with Gasteiger partial charge in [-0.25, -0.2) is 8.42 Å². The van der Waals surface area contributed by atoms with Crippen molar-refractivity contribution in [3.05, 3.63) is 47.5 Å². The predicted molar refractivity (Wildman–Crippen MR) is 126 cm³/mol. The topological polar surface area (TPSA) is 114 Å². The Morgan fingerprint density at radius 2 is 1.85 bits per heavy atom. The highest BCUT2D eigenvalue weighted by Crippen LogP contribution is 2.28. The molecule has 1 aliphatic rings. The maximum atomic E-state index is 12.8. The number of methoxy groups -OCH3 is 2. The van der Waals surface area contributed by atoms with Crippen LogP contribution in [0.2, 0.25) is 0 Å². The molecular weight excluding hydrogens is 446 g/mol. The number of rotatable bonds is 9. The fourth-order valence-corrected chi connectivity index (χ4v) is 4.34. The Balaban J connectivity index is 1.60. The van der Waals surface area contributed by atoms with Crippen molar-refractivity contribution in [1.29, 1.82) is 0 Å². The van der Waals surface area contributed by atoms with Gasteiger partial charge in [-0.3, -0.25) is 14.3 Å². The number of carbonyl (C=O) groups excluding carboxylic acids is 2. The molecule has 2 aromatic rings. The van der Waals surface area contributed by atoms with E-state index in [0.717, 1.165) is 17.4 Å². The zero-order valence-corrected chi connectivity index (χ0v) is 20.0. The minimum Gasteiger partial charge on any atom is -0.493 e. The van der Waals surface area contributed by atoms with Crippen molar-refractivity contribution < 1.29 is 27.5 Å². The molecule has 9 nitrogen and oxygen atoms in total. The third kappa shape index (κ3) is 6.38. The number of hydrogen-bond donors (Lipinski definition) is 2. The second kappa shape index (κ2) is 10.1. The maximum Gasteiger partial charge on any atom is 0.229 e. The summed E-state index contributed by atoms with van der Waals surface area (Å²) in [6.45, 7) is 2.59. The van der Waals surface area contributed by atoms with E-state index in [-0.39, 0.29) is 18.2 Å². The summed E-state index contributed by atoms with van der Waals surface area (Å²) in [6, 6.07) is 10.6. The van der Waals surface area contributed by atoms with Crippen LogP contribution in [0.5, 0.6) is 11.5 Å². The molecule has 33 heavy (non-hydrogen) atoms. The number of hydrogen-bond acceptors (Lipinski definition) is 6. The highest BCUT2D eigenvalue weighted by Gasteiger charge is 2.34. The van der Waals surface area contributed by atoms with Crippen LogP contribution in [0.1, 0.15) is 17.5 Å². The van der Waals surface area contributed by atoms with Crippen molar-refractivity contribution in [1.82, 2.24) is 4.90 Å². The predicted octanol–water partition coefficient (Wildman–Crippen LogP) is 2.41. The van der Waals surface area contributed by atoms with Crippen LogP contribution in [0.25, 0.3) is 0 Å². The van der Waals surface area contributed by atoms with Crippen molar-refractivity contribution >= 4 is 33.2 Å². The number of nitrogens with one attached hydrogen (secondary N) is 2. The lowest BCUT2D eigenvalue weighted by Gasteiger charge is -2.17. The van der Waals surface area contributed by atoms with Gasteiger partial charge in [0.15, 0.2) is 11.5 Å². The van der Waals surface area contributed by atoms with E-state index in [2.05, 4.69) is 10.0 Å². The first-order chi connectivity index (χ1) is 15.6. The van der Waals surface area contributed by atoms with Crippen LogP contribution in [0, 0.1) is 12.8 Å². The number of amides is 2. The van der Waals surface area contributed by atoms with E-state index in [9.17, 15) is 18.0 Å². The number of anilines is 2. The summed E-state index contributed by atoms with van der Waals surface area (Å²) in [5, 5.41) is 2.80. The average molecular weight is 476 g/mol. The van der Waals surface area contributed by atoms with Crippen molar-refractivity contribution in [3.8, 4) is 11.5 Å². The van der Waals surface area contributed by atoms with Gasteiger partial charge in [0.2, 0.25) is 21.8 Å². The SMILES string of the molecule is COc1ccc(CCN2CC(C(=O)Nc3ccc(C)c(NS(C)(=O)=O)c3)CC2=O)cc1OC. The van der Waals surface area contributed by atoms with Crippen LogP contribution in [0.15, 0.2) is 36.4 Å². The first-order valence-electron chi connectivity index (χ1n) is 10.5. The molecule has 1 unspecified atom stereocenters. The van der Waals surface area contributed by atoms with Gasteiger partial charge in [-0.1, -0.05) is 12.1 Å². The molecule has 1 heterocycles. The van der Waals surface area contributed by atoms with E-state index in [0.29, 0.717) is 42.4 Å². The number of likely N-dealkylation sites (tertiary alicyclic amines) is 1. The molecule has 0 bridgehead atoms. The summed E-state index contributed by atoms with van der Waals surface area (Å²) in [5.41, 5.74) is 2.59. The molecule has 10 heteroatoms. The Morgan fingerprint density at radius 1 is 1.12 bits per heavy atom. The molecule has 0 spiro atoms. The van der Waals surface area contributed by atoms with Gasteiger partial charge in [0.05, 0.1) is 32.1 Å². The third-order valence-corrected chi connectivity index (χ3v) is 6.09. The van der Waals surface area contributed by atoms with Gasteiger partial charge < -0.3 is 19.7 Å². The van der Waals surface area contributed by atoms with Crippen molar-refractivity contribution in [2.75, 3.05) is 43.6 Å². The first kappa shape index (κ1) is 24.4. The molecule has 1 atom stereocenters. The van der Waals surface area contributed by atoms with E-state index in [4.69, 9.17) is 9.47 Å². The second-order valence-corrected chi connectivity index (χ2v) is 9.82. The molecule has 178 valence electrons. The van der Waals surface area contributed by atoms with Gasteiger partial charge in [0.1, 0.15) is 0 Å². The monoisotopic (exact) mass is 475 g/mol. The van der Waals surface area contributed by atoms with E-state index in [1.165, 1.54) is 0 Å². The van der Waals surface area contributed by atoms with E-state index < -0.39 is 15.9 Å². The zero-order valence-electron chi connectivity index (χ0n) is 19.2. The van der Waals surface area contributed by atoms with Gasteiger partial charge in [-0.2, -0.15) is 0 Å². The minimum atomic E-state index is -3.44. The van der Waals surface area contributed by atoms with Crippen molar-refractivity contribution in [3.63, 3.8) is 0 Å². The number of carbonyl (C=O) groups is 2. The lowest BCUT2D eigenvalue weighted by atomic mass is 10.1. The molecule has 1 aliphatic heterocycles. The number of benzene rings is 2. The summed E-state index contributed by atoms with van der Waals surface area (Å²) < 4.78 is 36.1. The Kier molecular flexibility index (Phi) is 7.47. The summed E-state index contributed by atoms with van der Waals surface area (Å²) >= 11 is 0. The molecule has 0 radical (unpaired) electrons. The van der Waals surface area contributed by atoms with Crippen molar-refractivity contribution in [2.45, 2.75) is 19.8 Å². The van der Waals surface area contributed by atoms with Crippen LogP contribution < -0.4 is 19.5 Å². The normalized spacial score (nSPS) is 15.9. The summed E-state index contributed by atoms with van der Waals surface area (Å²) in [4.78, 5) is 26.9. The van der Waals surface area contributed by atoms with Crippen LogP contribution in [0.4, 0.5) is 11.4 Å². The number of sulfonamides is 1. The maximum absolute atomic E-state index is 12.8. The molecule has 2 amide bonds. The zero-order chi connectivity index (χ0) is 24.2. The summed E-state index contributed by atoms with van der Waals surface area (Å²) in [7, 11) is -0.295. The molecule has 1 fully saturated rings. The molecule has 0 aliphatic carbocycles. The van der Waals surface area contributed by atoms with Crippen LogP contribution >= 0.6 is 0 Å². The van der Waals surface area contributed by atoms with Crippen LogP contribution in [-0.2, 0) is 26.0 Å².